The van der Waals surface area contributed by atoms with E-state index in [4.69, 9.17) is 10.8 Å². The van der Waals surface area contributed by atoms with Gasteiger partial charge in [-0.05, 0) is 18.2 Å². The average Bonchev–Trinajstić information content (AvgIpc) is 2.46. The molecule has 21 heavy (non-hydrogen) atoms. The van der Waals surface area contributed by atoms with Crippen molar-refractivity contribution in [3.8, 4) is 0 Å². The molecule has 2 rings (SSSR count). The number of rotatable bonds is 6. The summed E-state index contributed by atoms with van der Waals surface area (Å²) in [7, 11) is 0. The lowest BCUT2D eigenvalue weighted by atomic mass is 10.1. The molecule has 0 unspecified atom stereocenters. The largest absolute Gasteiger partial charge is 0.481 e. The summed E-state index contributed by atoms with van der Waals surface area (Å²) >= 11 is 0. The first-order valence-electron chi connectivity index (χ1n) is 6.62. The molecule has 0 radical (unpaired) electrons. The molecule has 0 spiro atoms. The first-order chi connectivity index (χ1) is 10.1. The number of halogens is 1. The fourth-order valence-electron chi connectivity index (χ4n) is 2.12. The Hall–Kier alpha value is -2.56. The van der Waals surface area contributed by atoms with Gasteiger partial charge in [-0.15, -0.1) is 0 Å². The summed E-state index contributed by atoms with van der Waals surface area (Å²) in [4.78, 5) is 12.6. The molecule has 2 aromatic rings. The molecule has 110 valence electrons. The maximum atomic E-state index is 13.8. The first kappa shape index (κ1) is 14.8. The second-order valence-corrected chi connectivity index (χ2v) is 4.72. The van der Waals surface area contributed by atoms with Gasteiger partial charge in [0, 0.05) is 18.7 Å². The number of carbonyl (C=O) groups is 1. The van der Waals surface area contributed by atoms with E-state index < -0.39 is 5.97 Å². The molecule has 0 aliphatic carbocycles. The molecule has 2 aromatic carbocycles. The molecule has 0 bridgehead atoms. The van der Waals surface area contributed by atoms with Crippen LogP contribution >= 0.6 is 0 Å². The number of carboxylic acids is 1. The minimum atomic E-state index is -0.900. The van der Waals surface area contributed by atoms with Crippen molar-refractivity contribution in [1.29, 1.82) is 0 Å². The van der Waals surface area contributed by atoms with Crippen LogP contribution in [0.4, 0.5) is 15.8 Å². The van der Waals surface area contributed by atoms with Crippen LogP contribution in [0.1, 0.15) is 12.0 Å². The molecular formula is C16H17FN2O2. The number of anilines is 2. The van der Waals surface area contributed by atoms with Gasteiger partial charge in [-0.25, -0.2) is 4.39 Å². The molecule has 0 saturated carbocycles. The number of nitrogens with two attached hydrogens (primary N) is 1. The van der Waals surface area contributed by atoms with Crippen molar-refractivity contribution in [1.82, 2.24) is 0 Å². The normalized spacial score (nSPS) is 10.3. The fourth-order valence-corrected chi connectivity index (χ4v) is 2.12. The lowest BCUT2D eigenvalue weighted by Crippen LogP contribution is -2.27. The highest BCUT2D eigenvalue weighted by molar-refractivity contribution is 5.70. The highest BCUT2D eigenvalue weighted by Crippen LogP contribution is 2.25. The van der Waals surface area contributed by atoms with Gasteiger partial charge in [0.1, 0.15) is 5.82 Å². The molecule has 5 heteroatoms. The number of carboxylic acid groups (broad SMARTS) is 1. The van der Waals surface area contributed by atoms with Crippen LogP contribution in [-0.4, -0.2) is 17.6 Å². The molecule has 0 fully saturated rings. The van der Waals surface area contributed by atoms with E-state index in [0.29, 0.717) is 16.9 Å². The summed E-state index contributed by atoms with van der Waals surface area (Å²) in [6, 6.07) is 13.6. The molecule has 0 saturated heterocycles. The molecule has 0 aliphatic heterocycles. The Morgan fingerprint density at radius 1 is 1.14 bits per heavy atom. The highest BCUT2D eigenvalue weighted by atomic mass is 19.1. The number of hydrogen-bond donors (Lipinski definition) is 2. The zero-order chi connectivity index (χ0) is 15.2. The van der Waals surface area contributed by atoms with Crippen molar-refractivity contribution < 1.29 is 14.3 Å². The zero-order valence-corrected chi connectivity index (χ0v) is 11.5. The lowest BCUT2D eigenvalue weighted by molar-refractivity contribution is -0.136. The van der Waals surface area contributed by atoms with E-state index in [1.54, 1.807) is 41.3 Å². The van der Waals surface area contributed by atoms with Crippen molar-refractivity contribution in [3.05, 3.63) is 59.9 Å². The highest BCUT2D eigenvalue weighted by Gasteiger charge is 2.13. The van der Waals surface area contributed by atoms with Crippen molar-refractivity contribution in [3.63, 3.8) is 0 Å². The summed E-state index contributed by atoms with van der Waals surface area (Å²) in [5.41, 5.74) is 7.69. The average molecular weight is 288 g/mol. The summed E-state index contributed by atoms with van der Waals surface area (Å²) in [5.74, 6) is -1.21. The minimum absolute atomic E-state index is 0.0389. The number of benzene rings is 2. The smallest absolute Gasteiger partial charge is 0.305 e. The number of hydrogen-bond acceptors (Lipinski definition) is 3. The zero-order valence-electron chi connectivity index (χ0n) is 11.5. The Kier molecular flexibility index (Phi) is 4.77. The van der Waals surface area contributed by atoms with E-state index in [1.807, 2.05) is 6.07 Å². The number of nitrogens with zero attached hydrogens (tertiary/aromatic N) is 1. The Morgan fingerprint density at radius 3 is 2.48 bits per heavy atom. The first-order valence-corrected chi connectivity index (χ1v) is 6.62. The molecule has 0 amide bonds. The van der Waals surface area contributed by atoms with Crippen LogP contribution in [0.25, 0.3) is 0 Å². The van der Waals surface area contributed by atoms with E-state index in [0.717, 1.165) is 0 Å². The van der Waals surface area contributed by atoms with Crippen LogP contribution in [0.3, 0.4) is 0 Å². The van der Waals surface area contributed by atoms with Gasteiger partial charge in [-0.3, -0.25) is 4.79 Å². The van der Waals surface area contributed by atoms with Gasteiger partial charge in [-0.1, -0.05) is 30.3 Å². The minimum Gasteiger partial charge on any atom is -0.481 e. The molecule has 4 nitrogen and oxygen atoms in total. The molecular weight excluding hydrogens is 271 g/mol. The maximum Gasteiger partial charge on any atom is 0.305 e. The Bertz CT molecular complexity index is 631. The maximum absolute atomic E-state index is 13.8. The standard InChI is InChI=1S/C16H17FN2O2/c17-13-6-2-1-5-12(13)11-19(10-9-16(20)21)15-8-4-3-7-14(15)18/h1-8H,9-11,18H2,(H,20,21). The van der Waals surface area contributed by atoms with Gasteiger partial charge in [0.15, 0.2) is 0 Å². The van der Waals surface area contributed by atoms with Gasteiger partial charge in [-0.2, -0.15) is 0 Å². The summed E-state index contributed by atoms with van der Waals surface area (Å²) in [6.07, 6.45) is -0.0389. The van der Waals surface area contributed by atoms with Gasteiger partial charge < -0.3 is 15.7 Å². The quantitative estimate of drug-likeness (QED) is 0.802. The van der Waals surface area contributed by atoms with Crippen molar-refractivity contribution in [2.75, 3.05) is 17.2 Å². The summed E-state index contributed by atoms with van der Waals surface area (Å²) in [5, 5.41) is 8.87. The van der Waals surface area contributed by atoms with Crippen molar-refractivity contribution in [2.45, 2.75) is 13.0 Å². The van der Waals surface area contributed by atoms with Crippen LogP contribution in [0.15, 0.2) is 48.5 Å². The monoisotopic (exact) mass is 288 g/mol. The lowest BCUT2D eigenvalue weighted by Gasteiger charge is -2.26. The van der Waals surface area contributed by atoms with E-state index in [2.05, 4.69) is 0 Å². The predicted octanol–water partition coefficient (Wildman–Crippen LogP) is 2.89. The van der Waals surface area contributed by atoms with Crippen LogP contribution in [-0.2, 0) is 11.3 Å². The van der Waals surface area contributed by atoms with E-state index in [9.17, 15) is 9.18 Å². The molecule has 0 heterocycles. The molecule has 0 atom stereocenters. The topological polar surface area (TPSA) is 66.6 Å². The summed E-state index contributed by atoms with van der Waals surface area (Å²) < 4.78 is 13.8. The van der Waals surface area contributed by atoms with E-state index >= 15 is 0 Å². The fraction of sp³-hybridized carbons (Fsp3) is 0.188. The van der Waals surface area contributed by atoms with Crippen LogP contribution in [0.5, 0.6) is 0 Å². The van der Waals surface area contributed by atoms with Gasteiger partial charge in [0.05, 0.1) is 17.8 Å². The van der Waals surface area contributed by atoms with E-state index in [-0.39, 0.29) is 25.3 Å². The molecule has 3 N–H and O–H groups in total. The number of aliphatic carboxylic acids is 1. The van der Waals surface area contributed by atoms with Crippen molar-refractivity contribution in [2.24, 2.45) is 0 Å². The number of nitrogen functional groups attached to an aromatic ring is 1. The molecule has 0 aliphatic rings. The SMILES string of the molecule is Nc1ccccc1N(CCC(=O)O)Cc1ccccc1F. The second-order valence-electron chi connectivity index (χ2n) is 4.72. The van der Waals surface area contributed by atoms with Gasteiger partial charge in [0.25, 0.3) is 0 Å². The van der Waals surface area contributed by atoms with Crippen LogP contribution in [0.2, 0.25) is 0 Å². The number of para-hydroxylation sites is 2. The molecule has 0 aromatic heterocycles. The Labute approximate surface area is 122 Å². The Morgan fingerprint density at radius 2 is 1.81 bits per heavy atom. The third-order valence-corrected chi connectivity index (χ3v) is 3.19. The van der Waals surface area contributed by atoms with Crippen molar-refractivity contribution >= 4 is 17.3 Å². The predicted molar refractivity (Wildman–Crippen MR) is 80.6 cm³/mol. The Balaban J connectivity index is 2.26. The van der Waals surface area contributed by atoms with Crippen LogP contribution < -0.4 is 10.6 Å². The summed E-state index contributed by atoms with van der Waals surface area (Å²) in [6.45, 7) is 0.534. The van der Waals surface area contributed by atoms with Gasteiger partial charge in [0.2, 0.25) is 0 Å². The van der Waals surface area contributed by atoms with Gasteiger partial charge >= 0.3 is 5.97 Å². The third kappa shape index (κ3) is 3.95. The second kappa shape index (κ2) is 6.74. The van der Waals surface area contributed by atoms with E-state index in [1.165, 1.54) is 6.07 Å². The van der Waals surface area contributed by atoms with Crippen LogP contribution in [0, 0.1) is 5.82 Å². The third-order valence-electron chi connectivity index (χ3n) is 3.19.